The summed E-state index contributed by atoms with van der Waals surface area (Å²) in [7, 11) is 0. The van der Waals surface area contributed by atoms with Crippen molar-refractivity contribution >= 4 is 23.1 Å². The highest BCUT2D eigenvalue weighted by molar-refractivity contribution is 6.05. The lowest BCUT2D eigenvalue weighted by molar-refractivity contribution is -0.118. The van der Waals surface area contributed by atoms with Crippen LogP contribution in [0.2, 0.25) is 0 Å². The number of ketones is 1. The van der Waals surface area contributed by atoms with Gasteiger partial charge in [0.2, 0.25) is 5.91 Å². The van der Waals surface area contributed by atoms with Crippen LogP contribution in [0.25, 0.3) is 0 Å². The summed E-state index contributed by atoms with van der Waals surface area (Å²) in [5.74, 6) is 0.0794. The van der Waals surface area contributed by atoms with Gasteiger partial charge in [-0.3, -0.25) is 9.59 Å². The van der Waals surface area contributed by atoms with Gasteiger partial charge in [-0.2, -0.15) is 0 Å². The Morgan fingerprint density at radius 3 is 3.00 bits per heavy atom. The zero-order chi connectivity index (χ0) is 12.7. The molecule has 4 heteroatoms. The molecule has 18 heavy (non-hydrogen) atoms. The molecule has 1 fully saturated rings. The number of piperidine rings is 1. The quantitative estimate of drug-likeness (QED) is 0.770. The Balaban J connectivity index is 2.04. The summed E-state index contributed by atoms with van der Waals surface area (Å²) in [5.41, 5.74) is 2.46. The third-order valence-corrected chi connectivity index (χ3v) is 3.78. The maximum atomic E-state index is 12.0. The Morgan fingerprint density at radius 2 is 2.22 bits per heavy atom. The van der Waals surface area contributed by atoms with Crippen LogP contribution in [0.5, 0.6) is 0 Å². The van der Waals surface area contributed by atoms with Crippen molar-refractivity contribution in [1.82, 2.24) is 0 Å². The van der Waals surface area contributed by atoms with E-state index < -0.39 is 0 Å². The fourth-order valence-electron chi connectivity index (χ4n) is 2.81. The Morgan fingerprint density at radius 1 is 1.39 bits per heavy atom. The second kappa shape index (κ2) is 4.12. The van der Waals surface area contributed by atoms with Crippen molar-refractivity contribution in [3.63, 3.8) is 0 Å². The second-order valence-corrected chi connectivity index (χ2v) is 4.98. The molecule has 94 valence electrons. The summed E-state index contributed by atoms with van der Waals surface area (Å²) in [6, 6.07) is 5.53. The molecule has 1 saturated heterocycles. The van der Waals surface area contributed by atoms with Gasteiger partial charge < -0.3 is 10.2 Å². The molecule has 0 bridgehead atoms. The first-order chi connectivity index (χ1) is 8.66. The number of nitrogens with zero attached hydrogens (tertiary/aromatic N) is 1. The van der Waals surface area contributed by atoms with Crippen LogP contribution in [-0.4, -0.2) is 24.3 Å². The molecule has 1 amide bonds. The van der Waals surface area contributed by atoms with Crippen LogP contribution < -0.4 is 10.2 Å². The molecule has 0 unspecified atom stereocenters. The topological polar surface area (TPSA) is 49.4 Å². The van der Waals surface area contributed by atoms with Crippen LogP contribution in [-0.2, 0) is 4.79 Å². The number of carbonyl (C=O) groups excluding carboxylic acids is 2. The summed E-state index contributed by atoms with van der Waals surface area (Å²) < 4.78 is 0. The highest BCUT2D eigenvalue weighted by Crippen LogP contribution is 2.36. The molecule has 2 aliphatic heterocycles. The number of anilines is 2. The second-order valence-electron chi connectivity index (χ2n) is 4.98. The highest BCUT2D eigenvalue weighted by Gasteiger charge is 2.34. The van der Waals surface area contributed by atoms with E-state index >= 15 is 0 Å². The van der Waals surface area contributed by atoms with Gasteiger partial charge in [-0.1, -0.05) is 0 Å². The monoisotopic (exact) mass is 244 g/mol. The van der Waals surface area contributed by atoms with Gasteiger partial charge in [0.25, 0.3) is 0 Å². The lowest BCUT2D eigenvalue weighted by Crippen LogP contribution is -2.50. The van der Waals surface area contributed by atoms with Gasteiger partial charge in [-0.25, -0.2) is 0 Å². The zero-order valence-electron chi connectivity index (χ0n) is 10.4. The van der Waals surface area contributed by atoms with Crippen molar-refractivity contribution < 1.29 is 9.59 Å². The van der Waals surface area contributed by atoms with Gasteiger partial charge in [-0.05, 0) is 44.4 Å². The first-order valence-electron chi connectivity index (χ1n) is 6.39. The van der Waals surface area contributed by atoms with E-state index in [0.29, 0.717) is 5.56 Å². The Kier molecular flexibility index (Phi) is 2.58. The summed E-state index contributed by atoms with van der Waals surface area (Å²) in [6.07, 6.45) is 3.15. The first kappa shape index (κ1) is 11.3. The number of hydrogen-bond acceptors (Lipinski definition) is 3. The minimum Gasteiger partial charge on any atom is -0.358 e. The normalized spacial score (nSPS) is 21.9. The summed E-state index contributed by atoms with van der Waals surface area (Å²) in [6.45, 7) is 2.46. The molecule has 1 N–H and O–H groups in total. The standard InChI is InChI=1S/C14H16N2O2/c1-9(17)10-5-6-12-11(8-10)15-14(18)13-4-2-3-7-16(12)13/h5-6,8,13H,2-4,7H2,1H3,(H,15,18)/t13-/m0/s1. The van der Waals surface area contributed by atoms with Crippen molar-refractivity contribution in [1.29, 1.82) is 0 Å². The molecule has 1 aromatic rings. The van der Waals surface area contributed by atoms with Crippen molar-refractivity contribution in [3.05, 3.63) is 23.8 Å². The molecule has 1 aromatic carbocycles. The zero-order valence-corrected chi connectivity index (χ0v) is 10.4. The lowest BCUT2D eigenvalue weighted by Gasteiger charge is -2.41. The van der Waals surface area contributed by atoms with Gasteiger partial charge in [0.1, 0.15) is 6.04 Å². The number of rotatable bonds is 1. The van der Waals surface area contributed by atoms with Crippen molar-refractivity contribution in [2.45, 2.75) is 32.2 Å². The van der Waals surface area contributed by atoms with E-state index in [1.165, 1.54) is 6.92 Å². The van der Waals surface area contributed by atoms with Crippen molar-refractivity contribution in [2.75, 3.05) is 16.8 Å². The van der Waals surface area contributed by atoms with Gasteiger partial charge >= 0.3 is 0 Å². The highest BCUT2D eigenvalue weighted by atomic mass is 16.2. The molecular formula is C14H16N2O2. The van der Waals surface area contributed by atoms with Crippen molar-refractivity contribution in [3.8, 4) is 0 Å². The Bertz CT molecular complexity index is 525. The molecule has 1 atom stereocenters. The number of nitrogens with one attached hydrogen (secondary N) is 1. The SMILES string of the molecule is CC(=O)c1ccc2c(c1)NC(=O)[C@@H]1CCCCN21. The molecule has 0 saturated carbocycles. The molecule has 0 radical (unpaired) electrons. The fourth-order valence-corrected chi connectivity index (χ4v) is 2.81. The third kappa shape index (κ3) is 1.68. The minimum absolute atomic E-state index is 0.0211. The van der Waals surface area contributed by atoms with Gasteiger partial charge in [0, 0.05) is 12.1 Å². The van der Waals surface area contributed by atoms with E-state index in [-0.39, 0.29) is 17.7 Å². The Labute approximate surface area is 106 Å². The molecule has 4 nitrogen and oxygen atoms in total. The number of Topliss-reactive ketones (excluding diaryl/α,β-unsaturated/α-hetero) is 1. The first-order valence-corrected chi connectivity index (χ1v) is 6.39. The third-order valence-electron chi connectivity index (χ3n) is 3.78. The fraction of sp³-hybridized carbons (Fsp3) is 0.429. The minimum atomic E-state index is -0.0329. The average molecular weight is 244 g/mol. The van der Waals surface area contributed by atoms with E-state index in [2.05, 4.69) is 10.2 Å². The van der Waals surface area contributed by atoms with E-state index in [0.717, 1.165) is 37.2 Å². The molecule has 0 spiro atoms. The average Bonchev–Trinajstić information content (AvgIpc) is 2.38. The molecule has 0 aromatic heterocycles. The van der Waals surface area contributed by atoms with Crippen LogP contribution in [0.3, 0.4) is 0 Å². The van der Waals surface area contributed by atoms with Crippen LogP contribution in [0.15, 0.2) is 18.2 Å². The molecule has 2 aliphatic rings. The van der Waals surface area contributed by atoms with E-state index in [9.17, 15) is 9.59 Å². The maximum Gasteiger partial charge on any atom is 0.247 e. The predicted molar refractivity (Wildman–Crippen MR) is 70.1 cm³/mol. The molecule has 3 rings (SSSR count). The Hall–Kier alpha value is -1.84. The van der Waals surface area contributed by atoms with Gasteiger partial charge in [-0.15, -0.1) is 0 Å². The van der Waals surface area contributed by atoms with E-state index in [1.54, 1.807) is 6.07 Å². The number of carbonyl (C=O) groups is 2. The van der Waals surface area contributed by atoms with Crippen LogP contribution in [0.1, 0.15) is 36.5 Å². The van der Waals surface area contributed by atoms with E-state index in [4.69, 9.17) is 0 Å². The van der Waals surface area contributed by atoms with Crippen molar-refractivity contribution in [2.24, 2.45) is 0 Å². The van der Waals surface area contributed by atoms with Crippen LogP contribution in [0.4, 0.5) is 11.4 Å². The van der Waals surface area contributed by atoms with Crippen LogP contribution >= 0.6 is 0 Å². The predicted octanol–water partition coefficient (Wildman–Crippen LogP) is 2.20. The number of benzene rings is 1. The summed E-state index contributed by atoms with van der Waals surface area (Å²) >= 11 is 0. The van der Waals surface area contributed by atoms with E-state index in [1.807, 2.05) is 12.1 Å². The lowest BCUT2D eigenvalue weighted by atomic mass is 9.96. The maximum absolute atomic E-state index is 12.0. The number of hydrogen-bond donors (Lipinski definition) is 1. The molecule has 2 heterocycles. The summed E-state index contributed by atoms with van der Waals surface area (Å²) in [4.78, 5) is 25.6. The van der Waals surface area contributed by atoms with Gasteiger partial charge in [0.15, 0.2) is 5.78 Å². The molecular weight excluding hydrogens is 228 g/mol. The van der Waals surface area contributed by atoms with Crippen LogP contribution in [0, 0.1) is 0 Å². The molecule has 0 aliphatic carbocycles. The van der Waals surface area contributed by atoms with Gasteiger partial charge in [0.05, 0.1) is 11.4 Å². The number of fused-ring (bicyclic) bond motifs is 3. The smallest absolute Gasteiger partial charge is 0.247 e. The number of amides is 1. The summed E-state index contributed by atoms with van der Waals surface area (Å²) in [5, 5.41) is 2.92. The largest absolute Gasteiger partial charge is 0.358 e.